The summed E-state index contributed by atoms with van der Waals surface area (Å²) in [5.74, 6) is 1.03. The van der Waals surface area contributed by atoms with Gasteiger partial charge in [0.2, 0.25) is 0 Å². The minimum atomic E-state index is 0.000586. The number of carbonyl (C=O) groups excluding carboxylic acids is 1. The Hall–Kier alpha value is -3.67. The molecule has 4 aromatic rings. The number of carbonyl (C=O) groups is 1. The van der Waals surface area contributed by atoms with Crippen LogP contribution in [0.1, 0.15) is 46.7 Å². The molecule has 2 fully saturated rings. The highest BCUT2D eigenvalue weighted by molar-refractivity contribution is 5.98. The Balaban J connectivity index is 1.05. The maximum absolute atomic E-state index is 12.8. The molecule has 2 atom stereocenters. The summed E-state index contributed by atoms with van der Waals surface area (Å²) in [5, 5.41) is 5.98. The molecule has 5 heteroatoms. The lowest BCUT2D eigenvalue weighted by atomic mass is 9.87. The van der Waals surface area contributed by atoms with Crippen molar-refractivity contribution in [3.63, 3.8) is 0 Å². The maximum Gasteiger partial charge on any atom is 0.200 e. The molecule has 0 radical (unpaired) electrons. The second kappa shape index (κ2) is 12.0. The maximum atomic E-state index is 12.8. The van der Waals surface area contributed by atoms with E-state index in [0.29, 0.717) is 23.8 Å². The fourth-order valence-corrected chi connectivity index (χ4v) is 5.81. The number of piperidine rings is 1. The number of anilines is 1. The second-order valence-corrected chi connectivity index (χ2v) is 10.7. The van der Waals surface area contributed by atoms with Crippen molar-refractivity contribution >= 4 is 22.2 Å². The fraction of sp³-hybridized carbons (Fsp3) is 0.324. The second-order valence-electron chi connectivity index (χ2n) is 10.7. The molecule has 0 amide bonds. The Morgan fingerprint density at radius 1 is 0.872 bits per heavy atom. The van der Waals surface area contributed by atoms with E-state index in [0.717, 1.165) is 38.3 Å². The SMILES string of the molecule is O=C(COc1ccc([C@H]2CCNC[C@@H]2OCc2ccc3ccccc3c2)cc1)c1cccc(N2CCCC2)c1. The molecule has 0 aliphatic carbocycles. The van der Waals surface area contributed by atoms with Crippen LogP contribution in [0.3, 0.4) is 0 Å². The number of nitrogens with zero attached hydrogens (tertiary/aromatic N) is 1. The zero-order valence-corrected chi connectivity index (χ0v) is 22.4. The third-order valence-electron chi connectivity index (χ3n) is 8.02. The fourth-order valence-electron chi connectivity index (χ4n) is 5.81. The van der Waals surface area contributed by atoms with E-state index in [4.69, 9.17) is 9.47 Å². The van der Waals surface area contributed by atoms with Gasteiger partial charge in [0.1, 0.15) is 5.75 Å². The first-order valence-corrected chi connectivity index (χ1v) is 14.1. The molecule has 1 N–H and O–H groups in total. The molecule has 0 unspecified atom stereocenters. The summed E-state index contributed by atoms with van der Waals surface area (Å²) in [4.78, 5) is 15.2. The van der Waals surface area contributed by atoms with E-state index < -0.39 is 0 Å². The average Bonchev–Trinajstić information content (AvgIpc) is 3.55. The van der Waals surface area contributed by atoms with Crippen LogP contribution in [-0.4, -0.2) is 44.7 Å². The normalized spacial score (nSPS) is 19.3. The number of nitrogens with one attached hydrogen (secondary N) is 1. The van der Waals surface area contributed by atoms with E-state index in [-0.39, 0.29) is 18.5 Å². The standard InChI is InChI=1S/C34H36N2O3/c37-33(29-8-5-9-30(21-29)36-18-3-4-19-36)24-38-31-14-12-27(13-15-31)32-16-17-35-22-34(32)39-23-25-10-11-26-6-1-2-7-28(26)20-25/h1-2,5-15,20-21,32,34-35H,3-4,16-19,22-24H2/t32-,34+/m1/s1. The number of benzene rings is 4. The number of fused-ring (bicyclic) bond motifs is 1. The summed E-state index contributed by atoms with van der Waals surface area (Å²) in [7, 11) is 0. The number of ether oxygens (including phenoxy) is 2. The van der Waals surface area contributed by atoms with Gasteiger partial charge >= 0.3 is 0 Å². The number of hydrogen-bond donors (Lipinski definition) is 1. The third-order valence-corrected chi connectivity index (χ3v) is 8.02. The van der Waals surface area contributed by atoms with E-state index in [1.165, 1.54) is 34.7 Å². The summed E-state index contributed by atoms with van der Waals surface area (Å²) in [5.41, 5.74) is 4.27. The van der Waals surface area contributed by atoms with Crippen LogP contribution in [0.5, 0.6) is 5.75 Å². The molecule has 4 aromatic carbocycles. The van der Waals surface area contributed by atoms with Gasteiger partial charge in [-0.15, -0.1) is 0 Å². The van der Waals surface area contributed by atoms with Gasteiger partial charge in [0.25, 0.3) is 0 Å². The van der Waals surface area contributed by atoms with Gasteiger partial charge in [-0.1, -0.05) is 60.7 Å². The van der Waals surface area contributed by atoms with E-state index in [1.54, 1.807) is 0 Å². The van der Waals surface area contributed by atoms with Gasteiger partial charge in [0, 0.05) is 36.8 Å². The smallest absolute Gasteiger partial charge is 0.200 e. The van der Waals surface area contributed by atoms with Crippen molar-refractivity contribution in [3.8, 4) is 5.75 Å². The third kappa shape index (κ3) is 6.16. The molecule has 0 bridgehead atoms. The summed E-state index contributed by atoms with van der Waals surface area (Å²) in [6.45, 7) is 4.56. The molecule has 200 valence electrons. The van der Waals surface area contributed by atoms with E-state index in [1.807, 2.05) is 30.3 Å². The predicted molar refractivity (Wildman–Crippen MR) is 157 cm³/mol. The molecular weight excluding hydrogens is 484 g/mol. The van der Waals surface area contributed by atoms with Crippen molar-refractivity contribution in [2.75, 3.05) is 37.7 Å². The van der Waals surface area contributed by atoms with Crippen molar-refractivity contribution < 1.29 is 14.3 Å². The monoisotopic (exact) mass is 520 g/mol. The lowest BCUT2D eigenvalue weighted by Crippen LogP contribution is -2.40. The molecule has 2 heterocycles. The van der Waals surface area contributed by atoms with Gasteiger partial charge in [-0.05, 0) is 78.0 Å². The van der Waals surface area contributed by atoms with Crippen molar-refractivity contribution in [3.05, 3.63) is 108 Å². The van der Waals surface area contributed by atoms with Crippen LogP contribution >= 0.6 is 0 Å². The highest BCUT2D eigenvalue weighted by atomic mass is 16.5. The number of ketones is 1. The van der Waals surface area contributed by atoms with E-state index >= 15 is 0 Å². The minimum Gasteiger partial charge on any atom is -0.485 e. The van der Waals surface area contributed by atoms with Gasteiger partial charge in [-0.2, -0.15) is 0 Å². The molecule has 5 nitrogen and oxygen atoms in total. The van der Waals surface area contributed by atoms with Crippen molar-refractivity contribution in [2.24, 2.45) is 0 Å². The first kappa shape index (κ1) is 25.6. The molecule has 0 spiro atoms. The molecular formula is C34H36N2O3. The van der Waals surface area contributed by atoms with Gasteiger partial charge in [-0.3, -0.25) is 4.79 Å². The van der Waals surface area contributed by atoms with Crippen LogP contribution in [0, 0.1) is 0 Å². The molecule has 2 aliphatic heterocycles. The number of hydrogen-bond acceptors (Lipinski definition) is 5. The number of rotatable bonds is 9. The molecule has 39 heavy (non-hydrogen) atoms. The Labute approximate surface area is 230 Å². The first-order valence-electron chi connectivity index (χ1n) is 14.1. The summed E-state index contributed by atoms with van der Waals surface area (Å²) >= 11 is 0. The van der Waals surface area contributed by atoms with Crippen LogP contribution in [0.2, 0.25) is 0 Å². The van der Waals surface area contributed by atoms with Crippen molar-refractivity contribution in [1.82, 2.24) is 5.32 Å². The lowest BCUT2D eigenvalue weighted by Gasteiger charge is -2.32. The molecule has 2 aliphatic rings. The molecule has 6 rings (SSSR count). The average molecular weight is 521 g/mol. The van der Waals surface area contributed by atoms with Gasteiger partial charge in [0.05, 0.1) is 12.7 Å². The predicted octanol–water partition coefficient (Wildman–Crippen LogP) is 6.36. The largest absolute Gasteiger partial charge is 0.485 e. The Morgan fingerprint density at radius 3 is 2.54 bits per heavy atom. The highest BCUT2D eigenvalue weighted by Gasteiger charge is 2.27. The lowest BCUT2D eigenvalue weighted by molar-refractivity contribution is 0.0106. The van der Waals surface area contributed by atoms with Crippen molar-refractivity contribution in [2.45, 2.75) is 37.9 Å². The topological polar surface area (TPSA) is 50.8 Å². The summed E-state index contributed by atoms with van der Waals surface area (Å²) in [6, 6.07) is 31.1. The highest BCUT2D eigenvalue weighted by Crippen LogP contribution is 2.30. The summed E-state index contributed by atoms with van der Waals surface area (Å²) in [6.07, 6.45) is 3.55. The minimum absolute atomic E-state index is 0.000586. The zero-order chi connectivity index (χ0) is 26.4. The van der Waals surface area contributed by atoms with Crippen LogP contribution in [0.25, 0.3) is 10.8 Å². The Morgan fingerprint density at radius 2 is 1.69 bits per heavy atom. The Bertz CT molecular complexity index is 1410. The zero-order valence-electron chi connectivity index (χ0n) is 22.4. The van der Waals surface area contributed by atoms with E-state index in [9.17, 15) is 4.79 Å². The molecule has 0 saturated carbocycles. The first-order chi connectivity index (χ1) is 19.2. The Kier molecular flexibility index (Phi) is 7.89. The van der Waals surface area contributed by atoms with Gasteiger partial charge in [0.15, 0.2) is 12.4 Å². The van der Waals surface area contributed by atoms with Crippen LogP contribution in [0.15, 0.2) is 91.0 Å². The molecule has 2 saturated heterocycles. The van der Waals surface area contributed by atoms with Crippen LogP contribution in [0.4, 0.5) is 5.69 Å². The van der Waals surface area contributed by atoms with Crippen LogP contribution in [-0.2, 0) is 11.3 Å². The summed E-state index contributed by atoms with van der Waals surface area (Å²) < 4.78 is 12.3. The quantitative estimate of drug-likeness (QED) is 0.260. The molecule has 0 aromatic heterocycles. The van der Waals surface area contributed by atoms with Gasteiger partial charge < -0.3 is 19.7 Å². The van der Waals surface area contributed by atoms with Crippen molar-refractivity contribution in [1.29, 1.82) is 0 Å². The number of Topliss-reactive ketones (excluding diaryl/α,β-unsaturated/α-hetero) is 1. The van der Waals surface area contributed by atoms with Gasteiger partial charge in [-0.25, -0.2) is 0 Å². The van der Waals surface area contributed by atoms with E-state index in [2.05, 4.69) is 70.9 Å². The van der Waals surface area contributed by atoms with Crippen LogP contribution < -0.4 is 15.0 Å².